The summed E-state index contributed by atoms with van der Waals surface area (Å²) in [5.41, 5.74) is 7.41. The largest absolute Gasteiger partial charge is 0.109 e. The van der Waals surface area contributed by atoms with E-state index in [-0.39, 0.29) is 10.7 Å². The maximum atomic E-state index is 4.76. The van der Waals surface area contributed by atoms with Gasteiger partial charge in [-0.1, -0.05) is 48.5 Å². The standard InChI is InChI=1S/C26H16I4.2CH2Cl2/c27-21-9-1-17(2-10-21)25(18-3-11-22(28)12-4-18)26(19-5-13-23(29)14-6-19)20-7-15-24(30)16-8-20;2*2-1-3/h1-16H;2*1H2. The highest BCUT2D eigenvalue weighted by atomic mass is 127. The molecule has 8 heteroatoms. The van der Waals surface area contributed by atoms with Crippen molar-refractivity contribution in [3.05, 3.63) is 134 Å². The molecule has 188 valence electrons. The van der Waals surface area contributed by atoms with Gasteiger partial charge in [0.25, 0.3) is 0 Å². The Bertz CT molecular complexity index is 1030. The van der Waals surface area contributed by atoms with Gasteiger partial charge in [0.15, 0.2) is 0 Å². The number of benzene rings is 4. The number of halogens is 8. The second kappa shape index (κ2) is 18.1. The van der Waals surface area contributed by atoms with Gasteiger partial charge in [-0.05, 0) is 172 Å². The molecular formula is C28H20Cl4I4. The maximum absolute atomic E-state index is 4.76. The van der Waals surface area contributed by atoms with Crippen molar-refractivity contribution in [2.75, 3.05) is 10.7 Å². The quantitative estimate of drug-likeness (QED) is 0.109. The molecule has 0 aliphatic heterocycles. The van der Waals surface area contributed by atoms with Crippen LogP contribution in [0.5, 0.6) is 0 Å². The molecule has 0 radical (unpaired) electrons. The molecule has 4 rings (SSSR count). The fourth-order valence-electron chi connectivity index (χ4n) is 3.38. The predicted molar refractivity (Wildman–Crippen MR) is 195 cm³/mol. The Labute approximate surface area is 288 Å². The number of hydrogen-bond acceptors (Lipinski definition) is 0. The third-order valence-corrected chi connectivity index (χ3v) is 7.66. The van der Waals surface area contributed by atoms with Crippen molar-refractivity contribution in [3.8, 4) is 0 Å². The van der Waals surface area contributed by atoms with E-state index >= 15 is 0 Å². The molecule has 0 spiro atoms. The van der Waals surface area contributed by atoms with E-state index in [9.17, 15) is 0 Å². The molecular weight excluding hydrogens is 986 g/mol. The van der Waals surface area contributed by atoms with Crippen LogP contribution in [0.3, 0.4) is 0 Å². The Morgan fingerprint density at radius 3 is 0.639 bits per heavy atom. The summed E-state index contributed by atoms with van der Waals surface area (Å²) in [6.45, 7) is 0. The van der Waals surface area contributed by atoms with Gasteiger partial charge >= 0.3 is 0 Å². The molecule has 0 saturated heterocycles. The fourth-order valence-corrected chi connectivity index (χ4v) is 4.82. The molecule has 0 aliphatic rings. The predicted octanol–water partition coefficient (Wildman–Crippen LogP) is 12.0. The number of alkyl halides is 4. The van der Waals surface area contributed by atoms with Gasteiger partial charge in [0.2, 0.25) is 0 Å². The molecule has 0 bridgehead atoms. The molecule has 0 fully saturated rings. The van der Waals surface area contributed by atoms with E-state index < -0.39 is 0 Å². The van der Waals surface area contributed by atoms with Crippen molar-refractivity contribution in [1.29, 1.82) is 0 Å². The average molecular weight is 1010 g/mol. The Kier molecular flexibility index (Phi) is 16.6. The van der Waals surface area contributed by atoms with Gasteiger partial charge in [-0.2, -0.15) is 0 Å². The highest BCUT2D eigenvalue weighted by Gasteiger charge is 2.16. The molecule has 0 nitrogen and oxygen atoms in total. The minimum absolute atomic E-state index is 0.194. The van der Waals surface area contributed by atoms with Gasteiger partial charge in [0.1, 0.15) is 0 Å². The second-order valence-corrected chi connectivity index (χ2v) is 13.6. The van der Waals surface area contributed by atoms with Gasteiger partial charge in [0.05, 0.1) is 10.7 Å². The molecule has 0 amide bonds. The van der Waals surface area contributed by atoms with Crippen LogP contribution in [-0.2, 0) is 0 Å². The van der Waals surface area contributed by atoms with Crippen LogP contribution in [0.15, 0.2) is 97.1 Å². The summed E-state index contributed by atoms with van der Waals surface area (Å²) >= 11 is 28.5. The first-order valence-corrected chi connectivity index (χ1v) is 16.8. The van der Waals surface area contributed by atoms with Crippen molar-refractivity contribution in [2.24, 2.45) is 0 Å². The second-order valence-electron chi connectivity index (χ2n) is 6.98. The van der Waals surface area contributed by atoms with Crippen LogP contribution < -0.4 is 0 Å². The summed E-state index contributed by atoms with van der Waals surface area (Å²) in [6, 6.07) is 35.3. The lowest BCUT2D eigenvalue weighted by Crippen LogP contribution is -1.98. The highest BCUT2D eigenvalue weighted by Crippen LogP contribution is 2.37. The molecule has 0 aromatic heterocycles. The van der Waals surface area contributed by atoms with Crippen LogP contribution in [0.1, 0.15) is 22.3 Å². The van der Waals surface area contributed by atoms with Gasteiger partial charge in [-0.25, -0.2) is 0 Å². The van der Waals surface area contributed by atoms with Gasteiger partial charge in [-0.15, -0.1) is 46.4 Å². The van der Waals surface area contributed by atoms with Crippen LogP contribution in [0, 0.1) is 14.3 Å². The Hall–Kier alpha value is 0.700. The minimum atomic E-state index is 0.194. The Balaban J connectivity index is 0.000000693. The zero-order valence-electron chi connectivity index (χ0n) is 18.7. The third-order valence-electron chi connectivity index (χ3n) is 4.78. The highest BCUT2D eigenvalue weighted by molar-refractivity contribution is 14.1. The van der Waals surface area contributed by atoms with E-state index in [2.05, 4.69) is 187 Å². The Morgan fingerprint density at radius 2 is 0.500 bits per heavy atom. The van der Waals surface area contributed by atoms with Crippen molar-refractivity contribution in [3.63, 3.8) is 0 Å². The fraction of sp³-hybridized carbons (Fsp3) is 0.0714. The third kappa shape index (κ3) is 10.7. The first-order valence-electron chi connectivity index (χ1n) is 10.4. The van der Waals surface area contributed by atoms with E-state index in [1.807, 2.05) is 0 Å². The molecule has 0 N–H and O–H groups in total. The summed E-state index contributed by atoms with van der Waals surface area (Å²) in [5, 5.41) is 0.389. The topological polar surface area (TPSA) is 0 Å². The van der Waals surface area contributed by atoms with Crippen molar-refractivity contribution in [1.82, 2.24) is 0 Å². The maximum Gasteiger partial charge on any atom is 0.0967 e. The van der Waals surface area contributed by atoms with E-state index in [4.69, 9.17) is 46.4 Å². The Morgan fingerprint density at radius 1 is 0.361 bits per heavy atom. The zero-order chi connectivity index (χ0) is 26.5. The van der Waals surface area contributed by atoms with Gasteiger partial charge in [-0.3, -0.25) is 0 Å². The summed E-state index contributed by atoms with van der Waals surface area (Å²) < 4.78 is 4.96. The van der Waals surface area contributed by atoms with Gasteiger partial charge in [0, 0.05) is 14.3 Å². The lowest BCUT2D eigenvalue weighted by Gasteiger charge is -2.18. The summed E-state index contributed by atoms with van der Waals surface area (Å²) in [5.74, 6) is 0. The lowest BCUT2D eigenvalue weighted by atomic mass is 9.86. The summed E-state index contributed by atoms with van der Waals surface area (Å²) in [7, 11) is 0. The SMILES string of the molecule is ClCCl.ClCCl.Ic1ccc(C(=C(c2ccc(I)cc2)c2ccc(I)cc2)c2ccc(I)cc2)cc1. The smallest absolute Gasteiger partial charge is 0.0967 e. The van der Waals surface area contributed by atoms with Crippen molar-refractivity contribution < 1.29 is 0 Å². The molecule has 0 atom stereocenters. The van der Waals surface area contributed by atoms with Crippen LogP contribution >= 0.6 is 137 Å². The van der Waals surface area contributed by atoms with E-state index in [0.29, 0.717) is 0 Å². The molecule has 0 heterocycles. The van der Waals surface area contributed by atoms with Gasteiger partial charge < -0.3 is 0 Å². The van der Waals surface area contributed by atoms with E-state index in [0.717, 1.165) is 0 Å². The molecule has 36 heavy (non-hydrogen) atoms. The summed E-state index contributed by atoms with van der Waals surface area (Å²) in [4.78, 5) is 0. The van der Waals surface area contributed by atoms with Crippen molar-refractivity contribution in [2.45, 2.75) is 0 Å². The van der Waals surface area contributed by atoms with Crippen LogP contribution in [0.2, 0.25) is 0 Å². The van der Waals surface area contributed by atoms with Crippen molar-refractivity contribution >= 4 is 148 Å². The summed E-state index contributed by atoms with van der Waals surface area (Å²) in [6.07, 6.45) is 0. The molecule has 0 unspecified atom stereocenters. The number of rotatable bonds is 4. The molecule has 0 saturated carbocycles. The monoisotopic (exact) mass is 1000 g/mol. The average Bonchev–Trinajstić information content (AvgIpc) is 2.87. The lowest BCUT2D eigenvalue weighted by molar-refractivity contribution is 1.48. The molecule has 4 aromatic carbocycles. The zero-order valence-corrected chi connectivity index (χ0v) is 30.3. The minimum Gasteiger partial charge on any atom is -0.109 e. The first kappa shape index (κ1) is 32.9. The molecule has 4 aromatic rings. The van der Waals surface area contributed by atoms with Crippen LogP contribution in [0.4, 0.5) is 0 Å². The van der Waals surface area contributed by atoms with Crippen LogP contribution in [-0.4, -0.2) is 10.7 Å². The van der Waals surface area contributed by atoms with Crippen LogP contribution in [0.25, 0.3) is 11.1 Å². The first-order chi connectivity index (χ1) is 17.3. The normalized spacial score (nSPS) is 9.89. The van der Waals surface area contributed by atoms with E-state index in [1.165, 1.54) is 47.7 Å². The molecule has 0 aliphatic carbocycles. The number of hydrogen-bond donors (Lipinski definition) is 0. The van der Waals surface area contributed by atoms with E-state index in [1.54, 1.807) is 0 Å².